The van der Waals surface area contributed by atoms with Gasteiger partial charge in [-0.3, -0.25) is 4.79 Å². The summed E-state index contributed by atoms with van der Waals surface area (Å²) in [4.78, 5) is 21.1. The van der Waals surface area contributed by atoms with Gasteiger partial charge in [-0.15, -0.1) is 5.10 Å². The van der Waals surface area contributed by atoms with Crippen LogP contribution in [0.1, 0.15) is 26.4 Å². The van der Waals surface area contributed by atoms with Crippen LogP contribution in [0.2, 0.25) is 0 Å². The number of benzene rings is 1. The van der Waals surface area contributed by atoms with Crippen molar-refractivity contribution >= 4 is 12.3 Å². The fraction of sp³-hybridized carbons (Fsp3) is 0.0909. The van der Waals surface area contributed by atoms with E-state index in [1.54, 1.807) is 12.1 Å². The number of hydrogen-bond acceptors (Lipinski definition) is 4. The maximum atomic E-state index is 10.6. The average molecular weight is 231 g/mol. The number of carbonyl (C=O) groups is 2. The molecule has 6 heteroatoms. The van der Waals surface area contributed by atoms with Gasteiger partial charge in [0.15, 0.2) is 6.29 Å². The number of hydrogen-bond donors (Lipinski definition) is 1. The Balaban J connectivity index is 2.13. The third-order valence-electron chi connectivity index (χ3n) is 2.22. The second-order valence-electron chi connectivity index (χ2n) is 3.46. The lowest BCUT2D eigenvalue weighted by atomic mass is 10.1. The highest BCUT2D eigenvalue weighted by atomic mass is 16.4. The van der Waals surface area contributed by atoms with Crippen LogP contribution >= 0.6 is 0 Å². The van der Waals surface area contributed by atoms with Gasteiger partial charge in [0.1, 0.15) is 5.69 Å². The van der Waals surface area contributed by atoms with Crippen LogP contribution in [0.4, 0.5) is 0 Å². The largest absolute Gasteiger partial charge is 0.478 e. The summed E-state index contributed by atoms with van der Waals surface area (Å²) in [6.45, 7) is 0.445. The molecule has 2 rings (SSSR count). The minimum absolute atomic E-state index is 0.237. The Bertz CT molecular complexity index is 545. The molecule has 2 aromatic rings. The lowest BCUT2D eigenvalue weighted by Crippen LogP contribution is -2.01. The first-order chi connectivity index (χ1) is 8.19. The number of carboxylic acids is 1. The van der Waals surface area contributed by atoms with Crippen LogP contribution in [0, 0.1) is 0 Å². The molecule has 0 fully saturated rings. The van der Waals surface area contributed by atoms with Crippen LogP contribution < -0.4 is 0 Å². The maximum absolute atomic E-state index is 10.6. The van der Waals surface area contributed by atoms with E-state index in [1.165, 1.54) is 23.0 Å². The van der Waals surface area contributed by atoms with E-state index < -0.39 is 5.97 Å². The van der Waals surface area contributed by atoms with Crippen LogP contribution in [0.25, 0.3) is 0 Å². The molecule has 0 bridgehead atoms. The van der Waals surface area contributed by atoms with Gasteiger partial charge in [-0.25, -0.2) is 9.48 Å². The number of carboxylic acid groups (broad SMARTS) is 1. The number of rotatable bonds is 4. The van der Waals surface area contributed by atoms with E-state index in [2.05, 4.69) is 10.3 Å². The van der Waals surface area contributed by atoms with Gasteiger partial charge >= 0.3 is 5.97 Å². The topological polar surface area (TPSA) is 85.1 Å². The number of aromatic nitrogens is 3. The lowest BCUT2D eigenvalue weighted by Gasteiger charge is -2.01. The quantitative estimate of drug-likeness (QED) is 0.788. The van der Waals surface area contributed by atoms with Crippen molar-refractivity contribution in [3.05, 3.63) is 47.3 Å². The molecule has 0 unspecified atom stereocenters. The lowest BCUT2D eigenvalue weighted by molar-refractivity contribution is 0.0696. The molecule has 1 N–H and O–H groups in total. The van der Waals surface area contributed by atoms with Crippen LogP contribution in [0.15, 0.2) is 30.5 Å². The van der Waals surface area contributed by atoms with Crippen LogP contribution in [-0.4, -0.2) is 32.4 Å². The molecule has 17 heavy (non-hydrogen) atoms. The van der Waals surface area contributed by atoms with Crippen molar-refractivity contribution in [1.82, 2.24) is 15.0 Å². The highest BCUT2D eigenvalue weighted by Gasteiger charge is 2.03. The first-order valence-electron chi connectivity index (χ1n) is 4.86. The molecule has 0 aliphatic rings. The number of aldehydes is 1. The number of aromatic carboxylic acids is 1. The first-order valence-corrected chi connectivity index (χ1v) is 4.86. The van der Waals surface area contributed by atoms with Gasteiger partial charge in [-0.05, 0) is 17.7 Å². The zero-order valence-corrected chi connectivity index (χ0v) is 8.78. The molecule has 0 saturated carbocycles. The summed E-state index contributed by atoms with van der Waals surface area (Å²) in [5.41, 5.74) is 1.39. The summed E-state index contributed by atoms with van der Waals surface area (Å²) >= 11 is 0. The van der Waals surface area contributed by atoms with Crippen LogP contribution in [0.5, 0.6) is 0 Å². The van der Waals surface area contributed by atoms with Gasteiger partial charge in [0.2, 0.25) is 0 Å². The van der Waals surface area contributed by atoms with Gasteiger partial charge < -0.3 is 5.11 Å². The van der Waals surface area contributed by atoms with E-state index >= 15 is 0 Å². The zero-order chi connectivity index (χ0) is 12.3. The molecule has 0 amide bonds. The summed E-state index contributed by atoms with van der Waals surface area (Å²) in [5.74, 6) is -0.958. The highest BCUT2D eigenvalue weighted by Crippen LogP contribution is 2.06. The standard InChI is InChI=1S/C11H9N3O3/c15-7-10-6-14(13-12-10)5-8-1-3-9(4-2-8)11(16)17/h1-4,6-7H,5H2,(H,16,17). The van der Waals surface area contributed by atoms with Gasteiger partial charge in [0, 0.05) is 0 Å². The molecule has 1 heterocycles. The molecule has 0 aliphatic heterocycles. The van der Waals surface area contributed by atoms with Gasteiger partial charge in [-0.1, -0.05) is 17.3 Å². The minimum Gasteiger partial charge on any atom is -0.478 e. The Morgan fingerprint density at radius 2 is 2.06 bits per heavy atom. The SMILES string of the molecule is O=Cc1cn(Cc2ccc(C(=O)O)cc2)nn1. The fourth-order valence-electron chi connectivity index (χ4n) is 1.38. The summed E-state index contributed by atoms with van der Waals surface area (Å²) in [5, 5.41) is 16.1. The average Bonchev–Trinajstić information content (AvgIpc) is 2.77. The smallest absolute Gasteiger partial charge is 0.335 e. The van der Waals surface area contributed by atoms with Crippen molar-refractivity contribution in [3.8, 4) is 0 Å². The molecule has 0 aliphatic carbocycles. The Labute approximate surface area is 96.5 Å². The van der Waals surface area contributed by atoms with Crippen molar-refractivity contribution in [3.63, 3.8) is 0 Å². The van der Waals surface area contributed by atoms with E-state index in [4.69, 9.17) is 5.11 Å². The van der Waals surface area contributed by atoms with E-state index in [9.17, 15) is 9.59 Å². The maximum Gasteiger partial charge on any atom is 0.335 e. The van der Waals surface area contributed by atoms with Gasteiger partial charge in [0.05, 0.1) is 18.3 Å². The van der Waals surface area contributed by atoms with Crippen LogP contribution in [-0.2, 0) is 6.54 Å². The molecule has 1 aromatic heterocycles. The third-order valence-corrected chi connectivity index (χ3v) is 2.22. The van der Waals surface area contributed by atoms with Crippen molar-refractivity contribution in [2.75, 3.05) is 0 Å². The van der Waals surface area contributed by atoms with Crippen molar-refractivity contribution < 1.29 is 14.7 Å². The number of carbonyl (C=O) groups excluding carboxylic acids is 1. The molecular formula is C11H9N3O3. The van der Waals surface area contributed by atoms with E-state index in [0.717, 1.165) is 5.56 Å². The predicted molar refractivity (Wildman–Crippen MR) is 57.9 cm³/mol. The van der Waals surface area contributed by atoms with E-state index in [0.29, 0.717) is 12.8 Å². The Morgan fingerprint density at radius 3 is 2.59 bits per heavy atom. The summed E-state index contributed by atoms with van der Waals surface area (Å²) in [7, 11) is 0. The second-order valence-corrected chi connectivity index (χ2v) is 3.46. The first kappa shape index (κ1) is 11.0. The molecular weight excluding hydrogens is 222 g/mol. The van der Waals surface area contributed by atoms with Crippen LogP contribution in [0.3, 0.4) is 0 Å². The predicted octanol–water partition coefficient (Wildman–Crippen LogP) is 0.837. The molecule has 86 valence electrons. The molecule has 6 nitrogen and oxygen atoms in total. The van der Waals surface area contributed by atoms with Crippen molar-refractivity contribution in [2.24, 2.45) is 0 Å². The molecule has 0 atom stereocenters. The van der Waals surface area contributed by atoms with Crippen molar-refractivity contribution in [1.29, 1.82) is 0 Å². The molecule has 0 saturated heterocycles. The Morgan fingerprint density at radius 1 is 1.35 bits per heavy atom. The van der Waals surface area contributed by atoms with E-state index in [1.807, 2.05) is 0 Å². The molecule has 1 aromatic carbocycles. The van der Waals surface area contributed by atoms with Gasteiger partial charge in [0.25, 0.3) is 0 Å². The minimum atomic E-state index is -0.958. The molecule has 0 spiro atoms. The molecule has 0 radical (unpaired) electrons. The zero-order valence-electron chi connectivity index (χ0n) is 8.78. The summed E-state index contributed by atoms with van der Waals surface area (Å²) in [6, 6.07) is 6.45. The normalized spacial score (nSPS) is 10.1. The highest BCUT2D eigenvalue weighted by molar-refractivity contribution is 5.87. The number of nitrogens with zero attached hydrogens (tertiary/aromatic N) is 3. The summed E-state index contributed by atoms with van der Waals surface area (Å²) in [6.07, 6.45) is 2.15. The fourth-order valence-corrected chi connectivity index (χ4v) is 1.38. The van der Waals surface area contributed by atoms with Gasteiger partial charge in [-0.2, -0.15) is 0 Å². The van der Waals surface area contributed by atoms with E-state index in [-0.39, 0.29) is 11.3 Å². The second kappa shape index (κ2) is 4.56. The third kappa shape index (κ3) is 2.54. The monoisotopic (exact) mass is 231 g/mol. The Kier molecular flexibility index (Phi) is 2.95. The van der Waals surface area contributed by atoms with Crippen molar-refractivity contribution in [2.45, 2.75) is 6.54 Å². The summed E-state index contributed by atoms with van der Waals surface area (Å²) < 4.78 is 1.51. The Hall–Kier alpha value is -2.50.